The van der Waals surface area contributed by atoms with Crippen molar-refractivity contribution in [1.82, 2.24) is 16.1 Å². The van der Waals surface area contributed by atoms with E-state index in [4.69, 9.17) is 9.15 Å². The first-order chi connectivity index (χ1) is 16.4. The molecule has 1 atom stereocenters. The summed E-state index contributed by atoms with van der Waals surface area (Å²) in [6.45, 7) is 1.80. The SMILES string of the molecule is C[C@@H](NC(=O)C(=O)N/N=C\c1cc(Br)ccc1OCC(=O)NCc1ccco1)c1ccccc1. The summed E-state index contributed by atoms with van der Waals surface area (Å²) in [5.41, 5.74) is 3.56. The number of halogens is 1. The summed E-state index contributed by atoms with van der Waals surface area (Å²) in [5.74, 6) is -1.06. The molecule has 0 spiro atoms. The Morgan fingerprint density at radius 1 is 1.09 bits per heavy atom. The van der Waals surface area contributed by atoms with Crippen molar-refractivity contribution in [1.29, 1.82) is 0 Å². The third kappa shape index (κ3) is 7.59. The Kier molecular flexibility index (Phi) is 8.98. The summed E-state index contributed by atoms with van der Waals surface area (Å²) in [7, 11) is 0. The highest BCUT2D eigenvalue weighted by atomic mass is 79.9. The number of hydrogen-bond acceptors (Lipinski definition) is 6. The van der Waals surface area contributed by atoms with Gasteiger partial charge in [-0.1, -0.05) is 46.3 Å². The maximum atomic E-state index is 12.1. The summed E-state index contributed by atoms with van der Waals surface area (Å²) in [6, 6.07) is 17.5. The Hall–Kier alpha value is -3.92. The van der Waals surface area contributed by atoms with Gasteiger partial charge in [-0.2, -0.15) is 5.10 Å². The van der Waals surface area contributed by atoms with E-state index in [1.807, 2.05) is 30.3 Å². The molecule has 1 heterocycles. The van der Waals surface area contributed by atoms with E-state index in [0.29, 0.717) is 17.1 Å². The Balaban J connectivity index is 1.52. The first kappa shape index (κ1) is 24.7. The highest BCUT2D eigenvalue weighted by molar-refractivity contribution is 9.10. The standard InChI is InChI=1S/C24H23BrN4O5/c1-16(17-6-3-2-4-7-17)28-23(31)24(32)29-27-13-18-12-19(25)9-10-21(18)34-15-22(30)26-14-20-8-5-11-33-20/h2-13,16H,14-15H2,1H3,(H,26,30)(H,28,31)(H,29,32)/b27-13-/t16-/m1/s1. The Morgan fingerprint density at radius 2 is 1.88 bits per heavy atom. The van der Waals surface area contributed by atoms with Gasteiger partial charge in [0.05, 0.1) is 25.1 Å². The summed E-state index contributed by atoms with van der Waals surface area (Å²) in [4.78, 5) is 36.3. The van der Waals surface area contributed by atoms with Gasteiger partial charge < -0.3 is 19.8 Å². The van der Waals surface area contributed by atoms with Crippen molar-refractivity contribution in [2.24, 2.45) is 5.10 Å². The van der Waals surface area contributed by atoms with Crippen molar-refractivity contribution in [3.8, 4) is 5.75 Å². The van der Waals surface area contributed by atoms with Crippen molar-refractivity contribution in [3.05, 3.63) is 88.3 Å². The van der Waals surface area contributed by atoms with Crippen LogP contribution in [-0.4, -0.2) is 30.5 Å². The molecule has 0 unspecified atom stereocenters. The predicted molar refractivity (Wildman–Crippen MR) is 129 cm³/mol. The summed E-state index contributed by atoms with van der Waals surface area (Å²) in [6.07, 6.45) is 2.85. The minimum atomic E-state index is -0.909. The molecule has 9 nitrogen and oxygen atoms in total. The molecule has 3 rings (SSSR count). The first-order valence-corrected chi connectivity index (χ1v) is 11.1. The zero-order chi connectivity index (χ0) is 24.3. The van der Waals surface area contributed by atoms with Gasteiger partial charge in [-0.25, -0.2) is 5.43 Å². The van der Waals surface area contributed by atoms with Crippen molar-refractivity contribution in [3.63, 3.8) is 0 Å². The highest BCUT2D eigenvalue weighted by Crippen LogP contribution is 2.21. The number of nitrogens with one attached hydrogen (secondary N) is 3. The number of hydrazone groups is 1. The van der Waals surface area contributed by atoms with E-state index in [2.05, 4.69) is 37.1 Å². The zero-order valence-corrected chi connectivity index (χ0v) is 19.9. The molecule has 0 aliphatic rings. The maximum absolute atomic E-state index is 12.1. The van der Waals surface area contributed by atoms with Gasteiger partial charge in [0.25, 0.3) is 5.91 Å². The minimum absolute atomic E-state index is 0.227. The minimum Gasteiger partial charge on any atom is -0.483 e. The summed E-state index contributed by atoms with van der Waals surface area (Å²) >= 11 is 3.36. The molecule has 3 N–H and O–H groups in total. The summed E-state index contributed by atoms with van der Waals surface area (Å²) in [5, 5.41) is 9.14. The van der Waals surface area contributed by atoms with Crippen molar-refractivity contribution < 1.29 is 23.5 Å². The fourth-order valence-electron chi connectivity index (χ4n) is 2.84. The van der Waals surface area contributed by atoms with Crippen LogP contribution < -0.4 is 20.8 Å². The van der Waals surface area contributed by atoms with E-state index in [1.165, 1.54) is 12.5 Å². The number of rotatable bonds is 9. The van der Waals surface area contributed by atoms with Gasteiger partial charge >= 0.3 is 11.8 Å². The molecule has 1 aromatic heterocycles. The molecule has 0 aliphatic carbocycles. The molecular weight excluding hydrogens is 504 g/mol. The van der Waals surface area contributed by atoms with Crippen LogP contribution in [0.5, 0.6) is 5.75 Å². The van der Waals surface area contributed by atoms with Crippen LogP contribution in [0.25, 0.3) is 0 Å². The van der Waals surface area contributed by atoms with Crippen LogP contribution in [0.4, 0.5) is 0 Å². The van der Waals surface area contributed by atoms with Gasteiger partial charge in [0.1, 0.15) is 11.5 Å². The number of nitrogens with zero attached hydrogens (tertiary/aromatic N) is 1. The van der Waals surface area contributed by atoms with Crippen LogP contribution in [0, 0.1) is 0 Å². The molecule has 0 saturated carbocycles. The Bertz CT molecular complexity index is 1150. The largest absolute Gasteiger partial charge is 0.483 e. The molecule has 176 valence electrons. The van der Waals surface area contributed by atoms with Crippen LogP contribution in [0.15, 0.2) is 80.9 Å². The lowest BCUT2D eigenvalue weighted by atomic mass is 10.1. The number of ether oxygens (including phenoxy) is 1. The fraction of sp³-hybridized carbons (Fsp3) is 0.167. The normalized spacial score (nSPS) is 11.6. The van der Waals surface area contributed by atoms with E-state index < -0.39 is 11.8 Å². The van der Waals surface area contributed by atoms with Crippen molar-refractivity contribution in [2.45, 2.75) is 19.5 Å². The predicted octanol–water partition coefficient (Wildman–Crippen LogP) is 3.06. The zero-order valence-electron chi connectivity index (χ0n) is 18.3. The average molecular weight is 527 g/mol. The van der Waals surface area contributed by atoms with E-state index in [1.54, 1.807) is 37.3 Å². The number of amides is 3. The van der Waals surface area contributed by atoms with Crippen molar-refractivity contribution in [2.75, 3.05) is 6.61 Å². The second kappa shape index (κ2) is 12.4. The Labute approximate surface area is 204 Å². The number of benzene rings is 2. The fourth-order valence-corrected chi connectivity index (χ4v) is 3.22. The lowest BCUT2D eigenvalue weighted by Gasteiger charge is -2.13. The summed E-state index contributed by atoms with van der Waals surface area (Å²) < 4.78 is 11.5. The van der Waals surface area contributed by atoms with Gasteiger partial charge in [0.2, 0.25) is 0 Å². The van der Waals surface area contributed by atoms with Crippen LogP contribution in [0.3, 0.4) is 0 Å². The van der Waals surface area contributed by atoms with Gasteiger partial charge in [-0.3, -0.25) is 14.4 Å². The molecule has 0 aliphatic heterocycles. The van der Waals surface area contributed by atoms with E-state index in [0.717, 1.165) is 10.0 Å². The molecule has 3 amide bonds. The van der Waals surface area contributed by atoms with Crippen LogP contribution in [0.2, 0.25) is 0 Å². The van der Waals surface area contributed by atoms with Crippen LogP contribution in [0.1, 0.15) is 29.9 Å². The number of hydrogen-bond donors (Lipinski definition) is 3. The second-order valence-corrected chi connectivity index (χ2v) is 8.05. The van der Waals surface area contributed by atoms with Gasteiger partial charge in [-0.05, 0) is 42.8 Å². The second-order valence-electron chi connectivity index (χ2n) is 7.13. The van der Waals surface area contributed by atoms with Gasteiger partial charge in [0, 0.05) is 10.0 Å². The molecular formula is C24H23BrN4O5. The first-order valence-electron chi connectivity index (χ1n) is 10.3. The lowest BCUT2D eigenvalue weighted by molar-refractivity contribution is -0.139. The molecule has 0 saturated heterocycles. The molecule has 0 radical (unpaired) electrons. The van der Waals surface area contributed by atoms with Gasteiger partial charge in [0.15, 0.2) is 6.61 Å². The number of carbonyl (C=O) groups is 3. The maximum Gasteiger partial charge on any atom is 0.329 e. The van der Waals surface area contributed by atoms with Crippen LogP contribution >= 0.6 is 15.9 Å². The third-order valence-corrected chi connectivity index (χ3v) is 5.09. The lowest BCUT2D eigenvalue weighted by Crippen LogP contribution is -2.39. The molecule has 34 heavy (non-hydrogen) atoms. The van der Waals surface area contributed by atoms with E-state index >= 15 is 0 Å². The highest BCUT2D eigenvalue weighted by Gasteiger charge is 2.16. The molecule has 0 fully saturated rings. The molecule has 10 heteroatoms. The molecule has 0 bridgehead atoms. The average Bonchev–Trinajstić information content (AvgIpc) is 3.36. The van der Waals surface area contributed by atoms with E-state index in [-0.39, 0.29) is 25.1 Å². The topological polar surface area (TPSA) is 122 Å². The van der Waals surface area contributed by atoms with Crippen LogP contribution in [-0.2, 0) is 20.9 Å². The van der Waals surface area contributed by atoms with Gasteiger partial charge in [-0.15, -0.1) is 0 Å². The number of furan rings is 1. The smallest absolute Gasteiger partial charge is 0.329 e. The molecule has 3 aromatic rings. The third-order valence-electron chi connectivity index (χ3n) is 4.59. The quantitative estimate of drug-likeness (QED) is 0.224. The number of carbonyl (C=O) groups excluding carboxylic acids is 3. The Morgan fingerprint density at radius 3 is 2.62 bits per heavy atom. The monoisotopic (exact) mass is 526 g/mol. The van der Waals surface area contributed by atoms with Crippen molar-refractivity contribution >= 4 is 39.9 Å². The van der Waals surface area contributed by atoms with E-state index in [9.17, 15) is 14.4 Å². The molecule has 2 aromatic carbocycles.